The van der Waals surface area contributed by atoms with Crippen LogP contribution in [0, 0.1) is 6.92 Å². The summed E-state index contributed by atoms with van der Waals surface area (Å²) >= 11 is 0. The van der Waals surface area contributed by atoms with Gasteiger partial charge in [-0.15, -0.1) is 0 Å². The molecule has 2 heterocycles. The third-order valence-electron chi connectivity index (χ3n) is 2.68. The molecular formula is C14H16N2O2. The van der Waals surface area contributed by atoms with Crippen LogP contribution >= 0.6 is 0 Å². The Balaban J connectivity index is 2.38. The molecule has 2 rings (SSSR count). The van der Waals surface area contributed by atoms with Crippen molar-refractivity contribution >= 4 is 5.78 Å². The van der Waals surface area contributed by atoms with Gasteiger partial charge in [-0.25, -0.2) is 4.98 Å². The van der Waals surface area contributed by atoms with Gasteiger partial charge in [0, 0.05) is 22.9 Å². The summed E-state index contributed by atoms with van der Waals surface area (Å²) in [5.41, 5.74) is 2.46. The van der Waals surface area contributed by atoms with E-state index in [0.717, 1.165) is 11.3 Å². The van der Waals surface area contributed by atoms with E-state index in [9.17, 15) is 4.79 Å². The molecule has 0 N–H and O–H groups in total. The summed E-state index contributed by atoms with van der Waals surface area (Å²) in [6.07, 6.45) is 4.42. The summed E-state index contributed by atoms with van der Waals surface area (Å²) < 4.78 is 5.00. The van der Waals surface area contributed by atoms with Gasteiger partial charge in [-0.2, -0.15) is 0 Å². The smallest absolute Gasteiger partial charge is 0.268 e. The lowest BCUT2D eigenvalue weighted by atomic mass is 9.88. The number of hydrogen-bond donors (Lipinski definition) is 0. The molecule has 0 unspecified atom stereocenters. The van der Waals surface area contributed by atoms with Gasteiger partial charge in [0.2, 0.25) is 5.78 Å². The van der Waals surface area contributed by atoms with Crippen LogP contribution < -0.4 is 0 Å². The second kappa shape index (κ2) is 4.37. The normalized spacial score (nSPS) is 11.6. The number of nitrogens with zero attached hydrogens (tertiary/aromatic N) is 2. The molecule has 0 aliphatic carbocycles. The molecule has 2 aromatic heterocycles. The molecule has 94 valence electrons. The number of ketones is 1. The predicted molar refractivity (Wildman–Crippen MR) is 67.6 cm³/mol. The number of oxazole rings is 1. The second-order valence-corrected chi connectivity index (χ2v) is 5.31. The van der Waals surface area contributed by atoms with Crippen LogP contribution in [-0.4, -0.2) is 15.8 Å². The Bertz CT molecular complexity index is 566. The third-order valence-corrected chi connectivity index (χ3v) is 2.68. The van der Waals surface area contributed by atoms with Crippen LogP contribution in [0.2, 0.25) is 0 Å². The fraction of sp³-hybridized carbons (Fsp3) is 0.357. The molecule has 4 heteroatoms. The number of carbonyl (C=O) groups is 1. The van der Waals surface area contributed by atoms with Crippen molar-refractivity contribution in [3.63, 3.8) is 0 Å². The van der Waals surface area contributed by atoms with Crippen molar-refractivity contribution in [2.75, 3.05) is 0 Å². The van der Waals surface area contributed by atoms with E-state index in [-0.39, 0.29) is 17.1 Å². The molecule has 0 spiro atoms. The predicted octanol–water partition coefficient (Wildman–Crippen LogP) is 2.91. The van der Waals surface area contributed by atoms with E-state index in [1.165, 1.54) is 12.5 Å². The Kier molecular flexibility index (Phi) is 3.03. The first-order valence-corrected chi connectivity index (χ1v) is 5.81. The van der Waals surface area contributed by atoms with Gasteiger partial charge < -0.3 is 4.42 Å². The lowest BCUT2D eigenvalue weighted by molar-refractivity contribution is 0.100. The van der Waals surface area contributed by atoms with E-state index >= 15 is 0 Å². The highest BCUT2D eigenvalue weighted by molar-refractivity contribution is 6.05. The number of aryl methyl sites for hydroxylation is 1. The summed E-state index contributed by atoms with van der Waals surface area (Å²) in [4.78, 5) is 20.3. The lowest BCUT2D eigenvalue weighted by Gasteiger charge is -2.20. The Labute approximate surface area is 106 Å². The molecule has 0 radical (unpaired) electrons. The standard InChI is InChI=1S/C14H16N2O2/c1-9-7-10(8-16-12(9)14(2,3)4)11(17)13-15-5-6-18-13/h5-8H,1-4H3. The van der Waals surface area contributed by atoms with Gasteiger partial charge in [-0.1, -0.05) is 20.8 Å². The third kappa shape index (κ3) is 2.32. The van der Waals surface area contributed by atoms with Gasteiger partial charge in [0.1, 0.15) is 6.26 Å². The van der Waals surface area contributed by atoms with Crippen molar-refractivity contribution in [2.24, 2.45) is 0 Å². The topological polar surface area (TPSA) is 56.0 Å². The second-order valence-electron chi connectivity index (χ2n) is 5.31. The zero-order valence-corrected chi connectivity index (χ0v) is 11.0. The average Bonchev–Trinajstić information content (AvgIpc) is 2.79. The van der Waals surface area contributed by atoms with Crippen molar-refractivity contribution in [3.8, 4) is 0 Å². The van der Waals surface area contributed by atoms with E-state index in [2.05, 4.69) is 30.7 Å². The molecule has 0 bridgehead atoms. The van der Waals surface area contributed by atoms with E-state index in [1.807, 2.05) is 13.0 Å². The van der Waals surface area contributed by atoms with Crippen molar-refractivity contribution < 1.29 is 9.21 Å². The van der Waals surface area contributed by atoms with Crippen LogP contribution in [0.15, 0.2) is 29.1 Å². The fourth-order valence-electron chi connectivity index (χ4n) is 1.94. The molecular weight excluding hydrogens is 228 g/mol. The fourth-order valence-corrected chi connectivity index (χ4v) is 1.94. The van der Waals surface area contributed by atoms with Crippen molar-refractivity contribution in [3.05, 3.63) is 47.4 Å². The minimum atomic E-state index is -0.240. The van der Waals surface area contributed by atoms with Gasteiger partial charge in [0.15, 0.2) is 0 Å². The summed E-state index contributed by atoms with van der Waals surface area (Å²) in [7, 11) is 0. The zero-order valence-electron chi connectivity index (χ0n) is 11.0. The average molecular weight is 244 g/mol. The van der Waals surface area contributed by atoms with Gasteiger partial charge in [0.25, 0.3) is 5.89 Å². The number of rotatable bonds is 2. The van der Waals surface area contributed by atoms with Gasteiger partial charge in [-0.05, 0) is 18.6 Å². The summed E-state index contributed by atoms with van der Waals surface area (Å²) in [5, 5.41) is 0. The quantitative estimate of drug-likeness (QED) is 0.762. The number of hydrogen-bond acceptors (Lipinski definition) is 4. The first kappa shape index (κ1) is 12.5. The molecule has 0 saturated carbocycles. The number of carbonyl (C=O) groups excluding carboxylic acids is 1. The number of pyridine rings is 1. The van der Waals surface area contributed by atoms with Crippen LogP contribution in [0.5, 0.6) is 0 Å². The van der Waals surface area contributed by atoms with Crippen molar-refractivity contribution in [1.82, 2.24) is 9.97 Å². The van der Waals surface area contributed by atoms with E-state index in [4.69, 9.17) is 4.42 Å². The van der Waals surface area contributed by atoms with Crippen LogP contribution in [0.3, 0.4) is 0 Å². The van der Waals surface area contributed by atoms with Crippen LogP contribution in [-0.2, 0) is 5.41 Å². The van der Waals surface area contributed by atoms with Crippen LogP contribution in [0.4, 0.5) is 0 Å². The van der Waals surface area contributed by atoms with E-state index < -0.39 is 0 Å². The van der Waals surface area contributed by atoms with Crippen molar-refractivity contribution in [2.45, 2.75) is 33.1 Å². The maximum atomic E-state index is 12.0. The van der Waals surface area contributed by atoms with E-state index in [0.29, 0.717) is 5.56 Å². The lowest BCUT2D eigenvalue weighted by Crippen LogP contribution is -2.16. The Hall–Kier alpha value is -1.97. The molecule has 0 saturated heterocycles. The molecule has 4 nitrogen and oxygen atoms in total. The maximum Gasteiger partial charge on any atom is 0.268 e. The van der Waals surface area contributed by atoms with Crippen LogP contribution in [0.1, 0.15) is 48.3 Å². The van der Waals surface area contributed by atoms with Gasteiger partial charge in [-0.3, -0.25) is 9.78 Å². The number of aromatic nitrogens is 2. The highest BCUT2D eigenvalue weighted by Gasteiger charge is 2.20. The Morgan fingerprint density at radius 1 is 1.28 bits per heavy atom. The largest absolute Gasteiger partial charge is 0.442 e. The van der Waals surface area contributed by atoms with Crippen LogP contribution in [0.25, 0.3) is 0 Å². The van der Waals surface area contributed by atoms with Crippen molar-refractivity contribution in [1.29, 1.82) is 0 Å². The molecule has 2 aromatic rings. The monoisotopic (exact) mass is 244 g/mol. The molecule has 0 amide bonds. The Morgan fingerprint density at radius 3 is 2.50 bits per heavy atom. The highest BCUT2D eigenvalue weighted by atomic mass is 16.3. The highest BCUT2D eigenvalue weighted by Crippen LogP contribution is 2.24. The minimum Gasteiger partial charge on any atom is -0.442 e. The summed E-state index contributed by atoms with van der Waals surface area (Å²) in [6.45, 7) is 8.24. The summed E-state index contributed by atoms with van der Waals surface area (Å²) in [6, 6.07) is 1.83. The molecule has 0 aliphatic heterocycles. The molecule has 0 aromatic carbocycles. The SMILES string of the molecule is Cc1cc(C(=O)c2ncco2)cnc1C(C)(C)C. The summed E-state index contributed by atoms with van der Waals surface area (Å²) in [5.74, 6) is -0.143. The first-order chi connectivity index (χ1) is 8.39. The van der Waals surface area contributed by atoms with Gasteiger partial charge in [0.05, 0.1) is 6.20 Å². The van der Waals surface area contributed by atoms with E-state index in [1.54, 1.807) is 6.20 Å². The molecule has 0 fully saturated rings. The minimum absolute atomic E-state index is 0.0331. The zero-order chi connectivity index (χ0) is 13.3. The Morgan fingerprint density at radius 2 is 2.00 bits per heavy atom. The molecule has 0 atom stereocenters. The first-order valence-electron chi connectivity index (χ1n) is 5.81. The van der Waals surface area contributed by atoms with Gasteiger partial charge >= 0.3 is 0 Å². The molecule has 0 aliphatic rings. The maximum absolute atomic E-state index is 12.0. The molecule has 18 heavy (non-hydrogen) atoms.